The first-order chi connectivity index (χ1) is 8.92. The topological polar surface area (TPSA) is 51.4 Å². The highest BCUT2D eigenvalue weighted by Gasteiger charge is 2.14. The summed E-state index contributed by atoms with van der Waals surface area (Å²) in [5.74, 6) is 0.885. The van der Waals surface area contributed by atoms with Gasteiger partial charge in [0, 0.05) is 37.1 Å². The second kappa shape index (κ2) is 5.29. The molecule has 1 aliphatic heterocycles. The summed E-state index contributed by atoms with van der Waals surface area (Å²) in [4.78, 5) is 6.38. The van der Waals surface area contributed by atoms with E-state index in [2.05, 4.69) is 15.0 Å². The van der Waals surface area contributed by atoms with Crippen molar-refractivity contribution in [1.29, 1.82) is 0 Å². The number of nitrogens with zero attached hydrogens (tertiary/aromatic N) is 3. The number of aromatic nitrogens is 2. The molecule has 3 heterocycles. The molecule has 1 aliphatic rings. The molecule has 94 valence electrons. The maximum atomic E-state index is 5.36. The first-order valence-electron chi connectivity index (χ1n) is 6.08. The Labute approximate surface area is 105 Å². The van der Waals surface area contributed by atoms with Crippen molar-refractivity contribution in [2.24, 2.45) is 0 Å². The molecule has 1 fully saturated rings. The van der Waals surface area contributed by atoms with Crippen LogP contribution in [-0.4, -0.2) is 41.3 Å². The third-order valence-corrected chi connectivity index (χ3v) is 3.00. The predicted molar refractivity (Wildman–Crippen MR) is 65.8 cm³/mol. The van der Waals surface area contributed by atoms with Crippen molar-refractivity contribution in [2.75, 3.05) is 26.3 Å². The van der Waals surface area contributed by atoms with Gasteiger partial charge in [0.2, 0.25) is 0 Å². The molecule has 0 spiro atoms. The fourth-order valence-electron chi connectivity index (χ4n) is 2.02. The van der Waals surface area contributed by atoms with E-state index in [4.69, 9.17) is 9.26 Å². The van der Waals surface area contributed by atoms with Crippen molar-refractivity contribution in [3.63, 3.8) is 0 Å². The molecule has 0 N–H and O–H groups in total. The molecule has 2 aromatic rings. The van der Waals surface area contributed by atoms with Crippen molar-refractivity contribution in [1.82, 2.24) is 15.0 Å². The van der Waals surface area contributed by atoms with Gasteiger partial charge in [0.05, 0.1) is 19.8 Å². The molecule has 5 heteroatoms. The van der Waals surface area contributed by atoms with Crippen LogP contribution in [0.25, 0.3) is 11.3 Å². The molecule has 3 rings (SSSR count). The maximum Gasteiger partial charge on any atom is 0.151 e. The summed E-state index contributed by atoms with van der Waals surface area (Å²) in [7, 11) is 0. The van der Waals surface area contributed by atoms with Crippen LogP contribution in [0.15, 0.2) is 35.1 Å². The number of ether oxygens (including phenoxy) is 1. The minimum absolute atomic E-state index is 0.788. The Morgan fingerprint density at radius 2 is 2.17 bits per heavy atom. The van der Waals surface area contributed by atoms with Crippen LogP contribution in [0, 0.1) is 0 Å². The number of pyridine rings is 1. The molecule has 18 heavy (non-hydrogen) atoms. The summed E-state index contributed by atoms with van der Waals surface area (Å²) < 4.78 is 10.7. The van der Waals surface area contributed by atoms with Crippen molar-refractivity contribution in [3.8, 4) is 11.3 Å². The molecule has 0 aromatic carbocycles. The maximum absolute atomic E-state index is 5.36. The van der Waals surface area contributed by atoms with E-state index in [1.54, 1.807) is 12.4 Å². The van der Waals surface area contributed by atoms with E-state index >= 15 is 0 Å². The van der Waals surface area contributed by atoms with E-state index < -0.39 is 0 Å². The molecule has 0 atom stereocenters. The van der Waals surface area contributed by atoms with Gasteiger partial charge in [-0.15, -0.1) is 0 Å². The Kier molecular flexibility index (Phi) is 3.34. The SMILES string of the molecule is c1cncc(-c2cc(CN3CCOCC3)on2)c1. The van der Waals surface area contributed by atoms with E-state index in [9.17, 15) is 0 Å². The first-order valence-corrected chi connectivity index (χ1v) is 6.08. The van der Waals surface area contributed by atoms with Gasteiger partial charge in [-0.3, -0.25) is 9.88 Å². The van der Waals surface area contributed by atoms with Gasteiger partial charge in [0.25, 0.3) is 0 Å². The molecule has 0 bridgehead atoms. The van der Waals surface area contributed by atoms with E-state index in [1.165, 1.54) is 0 Å². The quantitative estimate of drug-likeness (QED) is 0.821. The normalized spacial score (nSPS) is 16.9. The highest BCUT2D eigenvalue weighted by atomic mass is 16.5. The van der Waals surface area contributed by atoms with Gasteiger partial charge >= 0.3 is 0 Å². The zero-order valence-corrected chi connectivity index (χ0v) is 10.1. The van der Waals surface area contributed by atoms with Gasteiger partial charge in [-0.25, -0.2) is 0 Å². The lowest BCUT2D eigenvalue weighted by Crippen LogP contribution is -2.35. The smallest absolute Gasteiger partial charge is 0.151 e. The summed E-state index contributed by atoms with van der Waals surface area (Å²) in [6.45, 7) is 4.27. The van der Waals surface area contributed by atoms with Gasteiger partial charge < -0.3 is 9.26 Å². The van der Waals surface area contributed by atoms with Crippen LogP contribution >= 0.6 is 0 Å². The van der Waals surface area contributed by atoms with Gasteiger partial charge in [0.1, 0.15) is 5.69 Å². The van der Waals surface area contributed by atoms with E-state index in [-0.39, 0.29) is 0 Å². The van der Waals surface area contributed by atoms with Crippen LogP contribution in [0.5, 0.6) is 0 Å². The zero-order valence-electron chi connectivity index (χ0n) is 10.1. The Morgan fingerprint density at radius 3 is 2.94 bits per heavy atom. The highest BCUT2D eigenvalue weighted by molar-refractivity contribution is 5.57. The summed E-state index contributed by atoms with van der Waals surface area (Å²) in [5.41, 5.74) is 1.82. The Morgan fingerprint density at radius 1 is 1.28 bits per heavy atom. The number of morpholine rings is 1. The van der Waals surface area contributed by atoms with Gasteiger partial charge in [-0.1, -0.05) is 5.16 Å². The Balaban J connectivity index is 1.69. The average Bonchev–Trinajstić information content (AvgIpc) is 2.89. The number of rotatable bonds is 3. The molecule has 1 saturated heterocycles. The predicted octanol–water partition coefficient (Wildman–Crippen LogP) is 1.57. The van der Waals surface area contributed by atoms with Crippen LogP contribution in [0.2, 0.25) is 0 Å². The van der Waals surface area contributed by atoms with Crippen LogP contribution in [0.1, 0.15) is 5.76 Å². The fourth-order valence-corrected chi connectivity index (χ4v) is 2.02. The fraction of sp³-hybridized carbons (Fsp3) is 0.385. The summed E-state index contributed by atoms with van der Waals surface area (Å²) in [6, 6.07) is 5.85. The van der Waals surface area contributed by atoms with Gasteiger partial charge in [0.15, 0.2) is 5.76 Å². The lowest BCUT2D eigenvalue weighted by Gasteiger charge is -2.25. The molecule has 0 radical (unpaired) electrons. The molecule has 2 aromatic heterocycles. The Hall–Kier alpha value is -1.72. The summed E-state index contributed by atoms with van der Waals surface area (Å²) in [5, 5.41) is 4.08. The van der Waals surface area contributed by atoms with Crippen molar-refractivity contribution < 1.29 is 9.26 Å². The molecular weight excluding hydrogens is 230 g/mol. The lowest BCUT2D eigenvalue weighted by atomic mass is 10.2. The lowest BCUT2D eigenvalue weighted by molar-refractivity contribution is 0.0305. The van der Waals surface area contributed by atoms with Crippen molar-refractivity contribution >= 4 is 0 Å². The molecular formula is C13H15N3O2. The second-order valence-electron chi connectivity index (χ2n) is 4.31. The van der Waals surface area contributed by atoms with E-state index in [0.717, 1.165) is 49.9 Å². The molecule has 0 unspecified atom stereocenters. The van der Waals surface area contributed by atoms with E-state index in [0.29, 0.717) is 0 Å². The zero-order chi connectivity index (χ0) is 12.2. The number of hydrogen-bond acceptors (Lipinski definition) is 5. The van der Waals surface area contributed by atoms with Crippen molar-refractivity contribution in [2.45, 2.75) is 6.54 Å². The second-order valence-corrected chi connectivity index (χ2v) is 4.31. The minimum Gasteiger partial charge on any atom is -0.379 e. The summed E-state index contributed by atoms with van der Waals surface area (Å²) >= 11 is 0. The molecule has 0 amide bonds. The first kappa shape index (κ1) is 11.4. The van der Waals surface area contributed by atoms with Gasteiger partial charge in [-0.05, 0) is 12.1 Å². The standard InChI is InChI=1S/C13H15N3O2/c1-2-11(9-14-3-1)13-8-12(18-15-13)10-16-4-6-17-7-5-16/h1-3,8-9H,4-7,10H2. The van der Waals surface area contributed by atoms with Crippen LogP contribution < -0.4 is 0 Å². The minimum atomic E-state index is 0.788. The average molecular weight is 245 g/mol. The van der Waals surface area contributed by atoms with Crippen LogP contribution in [0.3, 0.4) is 0 Å². The Bertz CT molecular complexity index is 492. The highest BCUT2D eigenvalue weighted by Crippen LogP contribution is 2.18. The van der Waals surface area contributed by atoms with Crippen molar-refractivity contribution in [3.05, 3.63) is 36.4 Å². The van der Waals surface area contributed by atoms with Gasteiger partial charge in [-0.2, -0.15) is 0 Å². The third kappa shape index (κ3) is 2.57. The van der Waals surface area contributed by atoms with Crippen LogP contribution in [0.4, 0.5) is 0 Å². The molecule has 0 aliphatic carbocycles. The van der Waals surface area contributed by atoms with E-state index in [1.807, 2.05) is 18.2 Å². The largest absolute Gasteiger partial charge is 0.379 e. The number of hydrogen-bond donors (Lipinski definition) is 0. The van der Waals surface area contributed by atoms with Crippen LogP contribution in [-0.2, 0) is 11.3 Å². The third-order valence-electron chi connectivity index (χ3n) is 3.00. The monoisotopic (exact) mass is 245 g/mol. The molecule has 0 saturated carbocycles. The summed E-state index contributed by atoms with van der Waals surface area (Å²) in [6.07, 6.45) is 3.54. The molecule has 5 nitrogen and oxygen atoms in total.